The molecule has 0 fully saturated rings. The number of benzene rings is 1. The summed E-state index contributed by atoms with van der Waals surface area (Å²) in [6.45, 7) is 3.77. The van der Waals surface area contributed by atoms with Crippen LogP contribution in [0.25, 0.3) is 5.82 Å². The molecule has 2 aromatic heterocycles. The third-order valence-corrected chi connectivity index (χ3v) is 5.21. The van der Waals surface area contributed by atoms with Crippen molar-refractivity contribution in [3.05, 3.63) is 67.6 Å². The van der Waals surface area contributed by atoms with Gasteiger partial charge < -0.3 is 10.6 Å². The van der Waals surface area contributed by atoms with Gasteiger partial charge in [-0.05, 0) is 66.3 Å². The van der Waals surface area contributed by atoms with Gasteiger partial charge in [-0.1, -0.05) is 11.6 Å². The molecule has 0 aliphatic heterocycles. The first-order valence-electron chi connectivity index (χ1n) is 9.20. The highest BCUT2D eigenvalue weighted by molar-refractivity contribution is 14.1. The van der Waals surface area contributed by atoms with Crippen molar-refractivity contribution in [2.75, 3.05) is 11.9 Å². The van der Waals surface area contributed by atoms with E-state index >= 15 is 0 Å². The highest BCUT2D eigenvalue weighted by Gasteiger charge is 2.36. The monoisotopic (exact) mass is 577 g/mol. The molecule has 0 bridgehead atoms. The van der Waals surface area contributed by atoms with E-state index in [-0.39, 0.29) is 22.1 Å². The predicted molar refractivity (Wildman–Crippen MR) is 121 cm³/mol. The number of alkyl halides is 3. The number of carbonyl (C=O) groups is 2. The number of halogens is 5. The molecule has 2 N–H and O–H groups in total. The third kappa shape index (κ3) is 5.04. The largest absolute Gasteiger partial charge is 0.435 e. The average molecular weight is 578 g/mol. The summed E-state index contributed by atoms with van der Waals surface area (Å²) in [5.41, 5.74) is -0.813. The Kier molecular flexibility index (Phi) is 7.08. The highest BCUT2D eigenvalue weighted by Crippen LogP contribution is 2.31. The van der Waals surface area contributed by atoms with Crippen molar-refractivity contribution < 1.29 is 22.8 Å². The van der Waals surface area contributed by atoms with Crippen LogP contribution in [0, 0.1) is 10.5 Å². The van der Waals surface area contributed by atoms with Crippen molar-refractivity contribution in [2.24, 2.45) is 0 Å². The highest BCUT2D eigenvalue weighted by atomic mass is 127. The summed E-state index contributed by atoms with van der Waals surface area (Å²) in [5, 5.41) is 8.71. The van der Waals surface area contributed by atoms with E-state index in [9.17, 15) is 22.8 Å². The van der Waals surface area contributed by atoms with Crippen molar-refractivity contribution in [3.63, 3.8) is 0 Å². The maximum atomic E-state index is 13.3. The minimum Gasteiger partial charge on any atom is -0.352 e. The molecule has 3 aromatic rings. The number of anilines is 1. The van der Waals surface area contributed by atoms with Crippen LogP contribution >= 0.6 is 34.2 Å². The third-order valence-electron chi connectivity index (χ3n) is 4.29. The SMILES string of the molecule is CCNC(=O)c1cc(I)cc(C)c1NC(=O)c1cc(C(F)(F)F)nn1-c1ncccc1Cl. The number of hydrogen-bond donors (Lipinski definition) is 2. The molecule has 0 saturated carbocycles. The Labute approximate surface area is 199 Å². The van der Waals surface area contributed by atoms with Gasteiger partial charge in [-0.2, -0.15) is 18.3 Å². The predicted octanol–water partition coefficient (Wildman–Crippen LogP) is 4.85. The molecule has 1 aromatic carbocycles. The topological polar surface area (TPSA) is 88.9 Å². The Morgan fingerprint density at radius 3 is 2.56 bits per heavy atom. The van der Waals surface area contributed by atoms with Crippen LogP contribution in [0.15, 0.2) is 36.5 Å². The van der Waals surface area contributed by atoms with Gasteiger partial charge in [0.1, 0.15) is 5.69 Å². The quantitative estimate of drug-likeness (QED) is 0.424. The van der Waals surface area contributed by atoms with Crippen molar-refractivity contribution in [2.45, 2.75) is 20.0 Å². The fraction of sp³-hybridized carbons (Fsp3) is 0.200. The number of carbonyl (C=O) groups excluding carboxylic acids is 2. The Morgan fingerprint density at radius 2 is 1.94 bits per heavy atom. The lowest BCUT2D eigenvalue weighted by molar-refractivity contribution is -0.141. The van der Waals surface area contributed by atoms with Gasteiger partial charge in [0.15, 0.2) is 11.5 Å². The zero-order valence-corrected chi connectivity index (χ0v) is 19.6. The number of nitrogens with zero attached hydrogens (tertiary/aromatic N) is 3. The second-order valence-corrected chi connectivity index (χ2v) is 8.24. The first kappa shape index (κ1) is 24.0. The lowest BCUT2D eigenvalue weighted by Gasteiger charge is -2.15. The minimum absolute atomic E-state index is 0.00633. The summed E-state index contributed by atoms with van der Waals surface area (Å²) < 4.78 is 41.5. The van der Waals surface area contributed by atoms with Crippen molar-refractivity contribution in [3.8, 4) is 5.82 Å². The molecule has 7 nitrogen and oxygen atoms in total. The molecular weight excluding hydrogens is 562 g/mol. The molecule has 32 heavy (non-hydrogen) atoms. The second-order valence-electron chi connectivity index (χ2n) is 6.59. The molecule has 0 unspecified atom stereocenters. The average Bonchev–Trinajstić information content (AvgIpc) is 3.16. The van der Waals surface area contributed by atoms with Gasteiger partial charge in [0.25, 0.3) is 11.8 Å². The van der Waals surface area contributed by atoms with E-state index in [2.05, 4.69) is 20.7 Å². The molecular formula is C20H16ClF3IN5O2. The number of rotatable bonds is 5. The summed E-state index contributed by atoms with van der Waals surface area (Å²) in [5.74, 6) is -1.48. The molecule has 3 rings (SSSR count). The van der Waals surface area contributed by atoms with E-state index in [0.717, 1.165) is 8.25 Å². The molecule has 12 heteroatoms. The van der Waals surface area contributed by atoms with Crippen LogP contribution in [0.2, 0.25) is 5.02 Å². The Balaban J connectivity index is 2.11. The lowest BCUT2D eigenvalue weighted by Crippen LogP contribution is -2.26. The summed E-state index contributed by atoms with van der Waals surface area (Å²) in [7, 11) is 0. The molecule has 2 heterocycles. The van der Waals surface area contributed by atoms with Crippen LogP contribution < -0.4 is 10.6 Å². The van der Waals surface area contributed by atoms with Gasteiger partial charge in [0, 0.05) is 22.4 Å². The van der Waals surface area contributed by atoms with Crippen LogP contribution in [0.1, 0.15) is 39.0 Å². The minimum atomic E-state index is -4.80. The zero-order valence-electron chi connectivity index (χ0n) is 16.7. The van der Waals surface area contributed by atoms with Crippen molar-refractivity contribution in [1.82, 2.24) is 20.1 Å². The van der Waals surface area contributed by atoms with Crippen LogP contribution in [0.4, 0.5) is 18.9 Å². The van der Waals surface area contributed by atoms with Gasteiger partial charge in [-0.25, -0.2) is 9.67 Å². The molecule has 0 aliphatic carbocycles. The summed E-state index contributed by atoms with van der Waals surface area (Å²) >= 11 is 8.10. The van der Waals surface area contributed by atoms with E-state index in [0.29, 0.717) is 18.2 Å². The summed E-state index contributed by atoms with van der Waals surface area (Å²) in [4.78, 5) is 29.5. The van der Waals surface area contributed by atoms with Crippen LogP contribution in [0.5, 0.6) is 0 Å². The zero-order chi connectivity index (χ0) is 23.6. The molecule has 0 spiro atoms. The Morgan fingerprint density at radius 1 is 1.22 bits per heavy atom. The van der Waals surface area contributed by atoms with Gasteiger partial charge in [0.2, 0.25) is 0 Å². The van der Waals surface area contributed by atoms with Gasteiger partial charge in [-0.3, -0.25) is 9.59 Å². The molecule has 2 amide bonds. The van der Waals surface area contributed by atoms with Crippen molar-refractivity contribution >= 4 is 51.7 Å². The molecule has 0 radical (unpaired) electrons. The first-order chi connectivity index (χ1) is 15.0. The molecule has 168 valence electrons. The van der Waals surface area contributed by atoms with E-state index in [4.69, 9.17) is 11.6 Å². The maximum Gasteiger partial charge on any atom is 0.435 e. The maximum absolute atomic E-state index is 13.3. The fourth-order valence-electron chi connectivity index (χ4n) is 2.90. The van der Waals surface area contributed by atoms with E-state index in [1.165, 1.54) is 18.3 Å². The summed E-state index contributed by atoms with van der Waals surface area (Å²) in [6, 6.07) is 6.81. The van der Waals surface area contributed by atoms with E-state index in [1.807, 2.05) is 22.6 Å². The second kappa shape index (κ2) is 9.45. The van der Waals surface area contributed by atoms with E-state index in [1.54, 1.807) is 26.0 Å². The van der Waals surface area contributed by atoms with E-state index < -0.39 is 29.4 Å². The number of amides is 2. The molecule has 0 atom stereocenters. The first-order valence-corrected chi connectivity index (χ1v) is 10.7. The lowest BCUT2D eigenvalue weighted by atomic mass is 10.1. The summed E-state index contributed by atoms with van der Waals surface area (Å²) in [6.07, 6.45) is -3.49. The van der Waals surface area contributed by atoms with Crippen LogP contribution in [-0.2, 0) is 6.18 Å². The molecule has 0 saturated heterocycles. The Bertz CT molecular complexity index is 1200. The van der Waals surface area contributed by atoms with Crippen LogP contribution in [0.3, 0.4) is 0 Å². The van der Waals surface area contributed by atoms with Gasteiger partial charge in [0.05, 0.1) is 16.3 Å². The van der Waals surface area contributed by atoms with Crippen molar-refractivity contribution in [1.29, 1.82) is 0 Å². The number of hydrogen-bond acceptors (Lipinski definition) is 4. The fourth-order valence-corrected chi connectivity index (χ4v) is 3.88. The van der Waals surface area contributed by atoms with Gasteiger partial charge >= 0.3 is 6.18 Å². The smallest absolute Gasteiger partial charge is 0.352 e. The normalized spacial score (nSPS) is 11.3. The number of aryl methyl sites for hydroxylation is 1. The molecule has 0 aliphatic rings. The number of nitrogens with one attached hydrogen (secondary N) is 2. The van der Waals surface area contributed by atoms with Gasteiger partial charge in [-0.15, -0.1) is 0 Å². The standard InChI is InChI=1S/C20H16ClF3IN5O2/c1-3-26-18(31)12-8-11(25)7-10(2)16(12)28-19(32)14-9-15(20(22,23)24)29-30(14)17-13(21)5-4-6-27-17/h4-9H,3H2,1-2H3,(H,26,31)(H,28,32). The number of aromatic nitrogens is 3. The Hall–Kier alpha value is -2.67. The van der Waals surface area contributed by atoms with Crippen LogP contribution in [-0.4, -0.2) is 33.1 Å². The number of pyridine rings is 1.